The standard InChI is InChI=1S/C18H23N5O3S/c1-26-12-15-21-22-17(27-15)20-16(24)14(11-13-7-3-2-4-8-13)19-18(25)23-9-5-6-10-23/h2-4,7-8,14H,5-6,9-12H2,1H3,(H,19,25)(H,20,22,24)/t14-/m1/s1. The Balaban J connectivity index is 1.68. The Morgan fingerprint density at radius 3 is 2.67 bits per heavy atom. The molecule has 0 radical (unpaired) electrons. The molecule has 0 spiro atoms. The number of anilines is 1. The Bertz CT molecular complexity index is 761. The summed E-state index contributed by atoms with van der Waals surface area (Å²) in [6, 6.07) is 8.70. The number of urea groups is 1. The number of hydrogen-bond acceptors (Lipinski definition) is 6. The van der Waals surface area contributed by atoms with Gasteiger partial charge in [-0.05, 0) is 18.4 Å². The summed E-state index contributed by atoms with van der Waals surface area (Å²) in [7, 11) is 1.57. The molecule has 2 aromatic rings. The average molecular weight is 389 g/mol. The molecule has 1 aromatic carbocycles. The third-order valence-corrected chi connectivity index (χ3v) is 5.07. The van der Waals surface area contributed by atoms with Crippen LogP contribution in [0.2, 0.25) is 0 Å². The first-order valence-corrected chi connectivity index (χ1v) is 9.69. The third kappa shape index (κ3) is 5.48. The summed E-state index contributed by atoms with van der Waals surface area (Å²) in [4.78, 5) is 27.0. The molecule has 144 valence electrons. The fourth-order valence-electron chi connectivity index (χ4n) is 2.90. The molecular formula is C18H23N5O3S. The fourth-order valence-corrected chi connectivity index (χ4v) is 3.61. The molecule has 1 saturated heterocycles. The zero-order chi connectivity index (χ0) is 19.1. The van der Waals surface area contributed by atoms with Gasteiger partial charge in [0.25, 0.3) is 0 Å². The summed E-state index contributed by atoms with van der Waals surface area (Å²) in [5.41, 5.74) is 0.969. The van der Waals surface area contributed by atoms with Crippen molar-refractivity contribution in [3.63, 3.8) is 0 Å². The number of amides is 3. The summed E-state index contributed by atoms with van der Waals surface area (Å²) in [5.74, 6) is -0.313. The molecule has 3 amide bonds. The Labute approximate surface area is 161 Å². The van der Waals surface area contributed by atoms with Crippen LogP contribution >= 0.6 is 11.3 Å². The van der Waals surface area contributed by atoms with E-state index in [9.17, 15) is 9.59 Å². The van der Waals surface area contributed by atoms with Crippen molar-refractivity contribution in [1.29, 1.82) is 0 Å². The predicted molar refractivity (Wildman–Crippen MR) is 103 cm³/mol. The van der Waals surface area contributed by atoms with Crippen molar-refractivity contribution in [2.75, 3.05) is 25.5 Å². The number of nitrogens with zero attached hydrogens (tertiary/aromatic N) is 3. The van der Waals surface area contributed by atoms with E-state index in [1.165, 1.54) is 11.3 Å². The van der Waals surface area contributed by atoms with E-state index in [2.05, 4.69) is 20.8 Å². The van der Waals surface area contributed by atoms with Crippen LogP contribution in [0, 0.1) is 0 Å². The number of ether oxygens (including phenoxy) is 1. The molecule has 0 saturated carbocycles. The normalized spacial score (nSPS) is 14.8. The maximum absolute atomic E-state index is 12.8. The van der Waals surface area contributed by atoms with Crippen LogP contribution < -0.4 is 10.6 Å². The van der Waals surface area contributed by atoms with Crippen molar-refractivity contribution in [2.45, 2.75) is 31.9 Å². The number of likely N-dealkylation sites (tertiary alicyclic amines) is 1. The number of nitrogens with one attached hydrogen (secondary N) is 2. The van der Waals surface area contributed by atoms with Gasteiger partial charge in [-0.3, -0.25) is 10.1 Å². The van der Waals surface area contributed by atoms with E-state index in [1.54, 1.807) is 12.0 Å². The van der Waals surface area contributed by atoms with Gasteiger partial charge in [0.2, 0.25) is 11.0 Å². The lowest BCUT2D eigenvalue weighted by Gasteiger charge is -2.22. The van der Waals surface area contributed by atoms with Crippen molar-refractivity contribution >= 4 is 28.4 Å². The van der Waals surface area contributed by atoms with Gasteiger partial charge in [0.1, 0.15) is 17.7 Å². The quantitative estimate of drug-likeness (QED) is 0.755. The molecule has 1 atom stereocenters. The van der Waals surface area contributed by atoms with Gasteiger partial charge in [-0.25, -0.2) is 4.79 Å². The monoisotopic (exact) mass is 389 g/mol. The van der Waals surface area contributed by atoms with Gasteiger partial charge in [0.05, 0.1) is 0 Å². The summed E-state index contributed by atoms with van der Waals surface area (Å²) in [5, 5.41) is 14.6. The van der Waals surface area contributed by atoms with Gasteiger partial charge < -0.3 is 15.0 Å². The topological polar surface area (TPSA) is 96.5 Å². The van der Waals surface area contributed by atoms with Gasteiger partial charge >= 0.3 is 6.03 Å². The van der Waals surface area contributed by atoms with Crippen LogP contribution in [0.1, 0.15) is 23.4 Å². The minimum absolute atomic E-state index is 0.207. The van der Waals surface area contributed by atoms with Gasteiger partial charge in [-0.1, -0.05) is 41.7 Å². The first-order chi connectivity index (χ1) is 13.2. The molecule has 27 heavy (non-hydrogen) atoms. The fraction of sp³-hybridized carbons (Fsp3) is 0.444. The zero-order valence-corrected chi connectivity index (χ0v) is 16.0. The lowest BCUT2D eigenvalue weighted by atomic mass is 10.1. The number of carbonyl (C=O) groups is 2. The average Bonchev–Trinajstić information content (AvgIpc) is 3.34. The largest absolute Gasteiger partial charge is 0.377 e. The molecule has 2 N–H and O–H groups in total. The van der Waals surface area contributed by atoms with Crippen molar-refractivity contribution < 1.29 is 14.3 Å². The smallest absolute Gasteiger partial charge is 0.318 e. The van der Waals surface area contributed by atoms with Crippen LogP contribution in [-0.2, 0) is 22.6 Å². The van der Waals surface area contributed by atoms with Crippen LogP contribution in [0.25, 0.3) is 0 Å². The van der Waals surface area contributed by atoms with Gasteiger partial charge in [-0.15, -0.1) is 10.2 Å². The highest BCUT2D eigenvalue weighted by Gasteiger charge is 2.26. The third-order valence-electron chi connectivity index (χ3n) is 4.25. The summed E-state index contributed by atoms with van der Waals surface area (Å²) in [6.45, 7) is 1.79. The van der Waals surface area contributed by atoms with E-state index in [4.69, 9.17) is 4.74 Å². The molecular weight excluding hydrogens is 366 g/mol. The second-order valence-electron chi connectivity index (χ2n) is 6.31. The lowest BCUT2D eigenvalue weighted by Crippen LogP contribution is -2.49. The SMILES string of the molecule is COCc1nnc(NC(=O)[C@@H](Cc2ccccc2)NC(=O)N2CCCC2)s1. The van der Waals surface area contributed by atoms with Crippen molar-refractivity contribution in [2.24, 2.45) is 0 Å². The van der Waals surface area contributed by atoms with Crippen molar-refractivity contribution in [3.05, 3.63) is 40.9 Å². The van der Waals surface area contributed by atoms with E-state index in [0.717, 1.165) is 31.5 Å². The maximum Gasteiger partial charge on any atom is 0.318 e. The maximum atomic E-state index is 12.8. The molecule has 2 heterocycles. The molecule has 8 nitrogen and oxygen atoms in total. The van der Waals surface area contributed by atoms with E-state index in [-0.39, 0.29) is 11.9 Å². The highest BCUT2D eigenvalue weighted by molar-refractivity contribution is 7.15. The Morgan fingerprint density at radius 1 is 1.22 bits per heavy atom. The van der Waals surface area contributed by atoms with E-state index in [0.29, 0.717) is 23.2 Å². The molecule has 3 rings (SSSR count). The molecule has 0 bridgehead atoms. The van der Waals surface area contributed by atoms with Crippen LogP contribution in [0.5, 0.6) is 0 Å². The molecule has 1 aliphatic heterocycles. The highest BCUT2D eigenvalue weighted by atomic mass is 32.1. The molecule has 0 aliphatic carbocycles. The summed E-state index contributed by atoms with van der Waals surface area (Å²) in [6.07, 6.45) is 2.39. The Hall–Kier alpha value is -2.52. The highest BCUT2D eigenvalue weighted by Crippen LogP contribution is 2.17. The summed E-state index contributed by atoms with van der Waals surface area (Å²) < 4.78 is 5.01. The van der Waals surface area contributed by atoms with E-state index < -0.39 is 6.04 Å². The molecule has 1 aromatic heterocycles. The van der Waals surface area contributed by atoms with Gasteiger partial charge in [0.15, 0.2) is 0 Å². The van der Waals surface area contributed by atoms with Crippen molar-refractivity contribution in [3.8, 4) is 0 Å². The van der Waals surface area contributed by atoms with Crippen LogP contribution in [0.4, 0.5) is 9.93 Å². The van der Waals surface area contributed by atoms with Crippen LogP contribution in [0.15, 0.2) is 30.3 Å². The van der Waals surface area contributed by atoms with Gasteiger partial charge in [-0.2, -0.15) is 0 Å². The second-order valence-corrected chi connectivity index (χ2v) is 7.37. The van der Waals surface area contributed by atoms with E-state index in [1.807, 2.05) is 30.3 Å². The first-order valence-electron chi connectivity index (χ1n) is 8.87. The second kappa shape index (κ2) is 9.43. The molecule has 0 unspecified atom stereocenters. The predicted octanol–water partition coefficient (Wildman–Crippen LogP) is 2.04. The minimum Gasteiger partial charge on any atom is -0.377 e. The molecule has 9 heteroatoms. The van der Waals surface area contributed by atoms with Crippen molar-refractivity contribution in [1.82, 2.24) is 20.4 Å². The van der Waals surface area contributed by atoms with Gasteiger partial charge in [0, 0.05) is 26.6 Å². The number of hydrogen-bond donors (Lipinski definition) is 2. The lowest BCUT2D eigenvalue weighted by molar-refractivity contribution is -0.118. The Kier molecular flexibility index (Phi) is 6.72. The van der Waals surface area contributed by atoms with Crippen LogP contribution in [0.3, 0.4) is 0 Å². The number of rotatable bonds is 7. The minimum atomic E-state index is -0.699. The van der Waals surface area contributed by atoms with E-state index >= 15 is 0 Å². The summed E-state index contributed by atoms with van der Waals surface area (Å²) >= 11 is 1.25. The number of methoxy groups -OCH3 is 1. The zero-order valence-electron chi connectivity index (χ0n) is 15.2. The van der Waals surface area contributed by atoms with Crippen LogP contribution in [-0.4, -0.2) is 53.3 Å². The molecule has 1 fully saturated rings. The number of carbonyl (C=O) groups excluding carboxylic acids is 2. The number of benzene rings is 1. The number of aromatic nitrogens is 2. The first kappa shape index (κ1) is 19.2. The molecule has 1 aliphatic rings. The Morgan fingerprint density at radius 2 is 1.96 bits per heavy atom.